The summed E-state index contributed by atoms with van der Waals surface area (Å²) in [5.41, 5.74) is 2.01. The van der Waals surface area contributed by atoms with Crippen LogP contribution in [-0.4, -0.2) is 22.5 Å². The number of nitrogens with one attached hydrogen (secondary N) is 1. The molecular formula is C12H15ClN2O. The average molecular weight is 239 g/mol. The first-order valence-corrected chi connectivity index (χ1v) is 6.00. The molecule has 0 amide bonds. The van der Waals surface area contributed by atoms with E-state index in [4.69, 9.17) is 16.3 Å². The lowest BCUT2D eigenvalue weighted by Crippen LogP contribution is -2.06. The third-order valence-corrected chi connectivity index (χ3v) is 2.67. The summed E-state index contributed by atoms with van der Waals surface area (Å²) in [7, 11) is 0. The maximum Gasteiger partial charge on any atom is 0.136 e. The number of aromatic nitrogens is 2. The number of imidazole rings is 1. The van der Waals surface area contributed by atoms with Crippen LogP contribution < -0.4 is 0 Å². The maximum absolute atomic E-state index is 5.76. The van der Waals surface area contributed by atoms with Crippen molar-refractivity contribution >= 4 is 22.6 Å². The minimum atomic E-state index is -0.0325. The van der Waals surface area contributed by atoms with Crippen molar-refractivity contribution in [2.24, 2.45) is 0 Å². The van der Waals surface area contributed by atoms with Crippen molar-refractivity contribution in [3.8, 4) is 0 Å². The second-order valence-electron chi connectivity index (χ2n) is 3.56. The molecule has 1 N–H and O–H groups in total. The van der Waals surface area contributed by atoms with Crippen molar-refractivity contribution < 1.29 is 4.74 Å². The van der Waals surface area contributed by atoms with Gasteiger partial charge in [-0.05, 0) is 25.5 Å². The van der Waals surface area contributed by atoms with Crippen molar-refractivity contribution in [1.29, 1.82) is 0 Å². The Morgan fingerprint density at radius 2 is 2.25 bits per heavy atom. The van der Waals surface area contributed by atoms with Gasteiger partial charge in [-0.2, -0.15) is 0 Å². The van der Waals surface area contributed by atoms with Crippen molar-refractivity contribution in [3.05, 3.63) is 30.1 Å². The quantitative estimate of drug-likeness (QED) is 0.812. The zero-order chi connectivity index (χ0) is 11.4. The van der Waals surface area contributed by atoms with Crippen molar-refractivity contribution in [2.75, 3.05) is 12.5 Å². The third kappa shape index (κ3) is 2.36. The molecule has 1 heterocycles. The van der Waals surface area contributed by atoms with Crippen LogP contribution in [0, 0.1) is 0 Å². The lowest BCUT2D eigenvalue weighted by Gasteiger charge is -2.12. The summed E-state index contributed by atoms with van der Waals surface area (Å²) in [5.74, 6) is 1.44. The number of H-pyrrole nitrogens is 1. The predicted molar refractivity (Wildman–Crippen MR) is 65.8 cm³/mol. The lowest BCUT2D eigenvalue weighted by atomic mass is 10.2. The first-order valence-electron chi connectivity index (χ1n) is 5.47. The summed E-state index contributed by atoms with van der Waals surface area (Å²) in [6.45, 7) is 2.64. The van der Waals surface area contributed by atoms with E-state index in [1.807, 2.05) is 31.2 Å². The van der Waals surface area contributed by atoms with Gasteiger partial charge in [0.2, 0.25) is 0 Å². The number of hydrogen-bond acceptors (Lipinski definition) is 2. The number of hydrogen-bond donors (Lipinski definition) is 1. The Hall–Kier alpha value is -1.06. The number of aromatic amines is 1. The lowest BCUT2D eigenvalue weighted by molar-refractivity contribution is 0.0549. The molecule has 1 aromatic carbocycles. The number of ether oxygens (including phenoxy) is 1. The smallest absolute Gasteiger partial charge is 0.136 e. The molecule has 0 saturated heterocycles. The summed E-state index contributed by atoms with van der Waals surface area (Å²) in [4.78, 5) is 7.78. The Morgan fingerprint density at radius 1 is 1.44 bits per heavy atom. The topological polar surface area (TPSA) is 37.9 Å². The molecule has 4 heteroatoms. The fourth-order valence-electron chi connectivity index (χ4n) is 1.72. The van der Waals surface area contributed by atoms with Crippen molar-refractivity contribution in [2.45, 2.75) is 19.4 Å². The summed E-state index contributed by atoms with van der Waals surface area (Å²) in [5, 5.41) is 0. The maximum atomic E-state index is 5.76. The van der Waals surface area contributed by atoms with Gasteiger partial charge < -0.3 is 9.72 Å². The fraction of sp³-hybridized carbons (Fsp3) is 0.417. The zero-order valence-corrected chi connectivity index (χ0v) is 10.00. The number of benzene rings is 1. The molecule has 3 nitrogen and oxygen atoms in total. The second kappa shape index (κ2) is 5.32. The van der Waals surface area contributed by atoms with Crippen LogP contribution in [0.5, 0.6) is 0 Å². The Labute approximate surface area is 99.8 Å². The van der Waals surface area contributed by atoms with E-state index in [2.05, 4.69) is 9.97 Å². The minimum Gasteiger partial charge on any atom is -0.371 e. The second-order valence-corrected chi connectivity index (χ2v) is 3.94. The molecule has 16 heavy (non-hydrogen) atoms. The van der Waals surface area contributed by atoms with Gasteiger partial charge in [-0.15, -0.1) is 11.6 Å². The van der Waals surface area contributed by atoms with Crippen molar-refractivity contribution in [3.63, 3.8) is 0 Å². The van der Waals surface area contributed by atoms with Crippen LogP contribution in [0.4, 0.5) is 0 Å². The number of fused-ring (bicyclic) bond motifs is 1. The van der Waals surface area contributed by atoms with E-state index >= 15 is 0 Å². The highest BCUT2D eigenvalue weighted by atomic mass is 35.5. The van der Waals surface area contributed by atoms with E-state index in [1.54, 1.807) is 0 Å². The van der Waals surface area contributed by atoms with E-state index in [9.17, 15) is 0 Å². The van der Waals surface area contributed by atoms with Gasteiger partial charge in [0.1, 0.15) is 11.9 Å². The van der Waals surface area contributed by atoms with E-state index < -0.39 is 0 Å². The van der Waals surface area contributed by atoms with Crippen LogP contribution >= 0.6 is 11.6 Å². The highest BCUT2D eigenvalue weighted by molar-refractivity contribution is 6.17. The fourth-order valence-corrected chi connectivity index (χ4v) is 1.92. The van der Waals surface area contributed by atoms with E-state index in [-0.39, 0.29) is 6.10 Å². The predicted octanol–water partition coefficient (Wildman–Crippen LogP) is 3.27. The molecule has 0 aliphatic rings. The van der Waals surface area contributed by atoms with Crippen LogP contribution in [0.1, 0.15) is 25.3 Å². The zero-order valence-electron chi connectivity index (χ0n) is 9.24. The average Bonchev–Trinajstić information content (AvgIpc) is 2.72. The third-order valence-electron chi connectivity index (χ3n) is 2.45. The van der Waals surface area contributed by atoms with Crippen LogP contribution in [0.25, 0.3) is 11.0 Å². The molecule has 1 atom stereocenters. The summed E-state index contributed by atoms with van der Waals surface area (Å²) >= 11 is 5.76. The molecule has 1 aromatic heterocycles. The number of alkyl halides is 1. The van der Waals surface area contributed by atoms with Gasteiger partial charge in [-0.1, -0.05) is 12.1 Å². The number of rotatable bonds is 5. The Balaban J connectivity index is 2.29. The molecule has 1 unspecified atom stereocenters. The van der Waals surface area contributed by atoms with Crippen LogP contribution in [0.15, 0.2) is 24.3 Å². The first-order chi connectivity index (χ1) is 7.85. The van der Waals surface area contributed by atoms with Gasteiger partial charge in [0.05, 0.1) is 11.0 Å². The van der Waals surface area contributed by atoms with E-state index in [1.165, 1.54) is 0 Å². The molecule has 0 bridgehead atoms. The molecule has 0 fully saturated rings. The molecule has 86 valence electrons. The highest BCUT2D eigenvalue weighted by Crippen LogP contribution is 2.21. The largest absolute Gasteiger partial charge is 0.371 e. The molecule has 0 aliphatic heterocycles. The highest BCUT2D eigenvalue weighted by Gasteiger charge is 2.14. The summed E-state index contributed by atoms with van der Waals surface area (Å²) in [6.07, 6.45) is 0.741. The van der Waals surface area contributed by atoms with Gasteiger partial charge in [0, 0.05) is 12.5 Å². The molecular weight excluding hydrogens is 224 g/mol. The molecule has 2 aromatic rings. The molecule has 2 rings (SSSR count). The van der Waals surface area contributed by atoms with Gasteiger partial charge in [-0.25, -0.2) is 4.98 Å². The Morgan fingerprint density at radius 3 is 2.94 bits per heavy atom. The molecule has 0 aliphatic carbocycles. The van der Waals surface area contributed by atoms with Gasteiger partial charge in [0.15, 0.2) is 0 Å². The van der Waals surface area contributed by atoms with Crippen molar-refractivity contribution in [1.82, 2.24) is 9.97 Å². The number of para-hydroxylation sites is 2. The first kappa shape index (κ1) is 11.4. The summed E-state index contributed by atoms with van der Waals surface area (Å²) < 4.78 is 5.62. The van der Waals surface area contributed by atoms with Gasteiger partial charge in [-0.3, -0.25) is 0 Å². The van der Waals surface area contributed by atoms with Crippen LogP contribution in [-0.2, 0) is 4.74 Å². The minimum absolute atomic E-state index is 0.0325. The van der Waals surface area contributed by atoms with E-state index in [0.717, 1.165) is 23.3 Å². The van der Waals surface area contributed by atoms with Gasteiger partial charge >= 0.3 is 0 Å². The normalized spacial score (nSPS) is 13.1. The summed E-state index contributed by atoms with van der Waals surface area (Å²) in [6, 6.07) is 7.96. The van der Waals surface area contributed by atoms with Gasteiger partial charge in [0.25, 0.3) is 0 Å². The standard InChI is InChI=1S/C12H15ClN2O/c1-2-16-11(7-8-13)12-14-9-5-3-4-6-10(9)15-12/h3-6,11H,2,7-8H2,1H3,(H,14,15). The molecule has 0 radical (unpaired) electrons. The Bertz CT molecular complexity index is 416. The monoisotopic (exact) mass is 238 g/mol. The molecule has 0 spiro atoms. The molecule has 0 saturated carbocycles. The number of halogens is 1. The number of nitrogens with zero attached hydrogens (tertiary/aromatic N) is 1. The van der Waals surface area contributed by atoms with Crippen LogP contribution in [0.2, 0.25) is 0 Å². The Kier molecular flexibility index (Phi) is 3.80. The van der Waals surface area contributed by atoms with E-state index in [0.29, 0.717) is 12.5 Å². The SMILES string of the molecule is CCOC(CCCl)c1nc2ccccc2[nH]1. The van der Waals surface area contributed by atoms with Crippen LogP contribution in [0.3, 0.4) is 0 Å².